The van der Waals surface area contributed by atoms with Crippen molar-refractivity contribution in [1.29, 1.82) is 0 Å². The van der Waals surface area contributed by atoms with Crippen molar-refractivity contribution in [3.8, 4) is 0 Å². The minimum absolute atomic E-state index is 0.00989. The molecule has 2 amide bonds. The molecule has 1 aliphatic heterocycles. The largest absolute Gasteiger partial charge is 0.343 e. The summed E-state index contributed by atoms with van der Waals surface area (Å²) in [5, 5.41) is 12.1. The third kappa shape index (κ3) is 3.77. The highest BCUT2D eigenvalue weighted by atomic mass is 19.1. The predicted molar refractivity (Wildman–Crippen MR) is 81.3 cm³/mol. The summed E-state index contributed by atoms with van der Waals surface area (Å²) in [6.45, 7) is 0.869. The van der Waals surface area contributed by atoms with Crippen LogP contribution in [0.4, 0.5) is 9.18 Å². The number of aryl methyl sites for hydroxylation is 1. The first-order valence-corrected chi connectivity index (χ1v) is 7.55. The molecule has 1 unspecified atom stereocenters. The summed E-state index contributed by atoms with van der Waals surface area (Å²) >= 11 is 0. The highest BCUT2D eigenvalue weighted by molar-refractivity contribution is 5.74. The molecule has 1 atom stereocenters. The molecule has 0 radical (unpaired) electrons. The number of H-pyrrole nitrogens is 1. The quantitative estimate of drug-likeness (QED) is 0.785. The number of hydrogen-bond donors (Lipinski definition) is 3. The van der Waals surface area contributed by atoms with Gasteiger partial charge in [-0.2, -0.15) is 5.10 Å². The fraction of sp³-hybridized carbons (Fsp3) is 0.400. The molecule has 0 aliphatic carbocycles. The second kappa shape index (κ2) is 6.64. The number of urea groups is 1. The van der Waals surface area contributed by atoms with Crippen LogP contribution in [0.2, 0.25) is 0 Å². The molecular weight excluding hydrogens is 301 g/mol. The summed E-state index contributed by atoms with van der Waals surface area (Å²) in [5.74, 6) is 0.426. The van der Waals surface area contributed by atoms with Crippen molar-refractivity contribution in [3.05, 3.63) is 52.0 Å². The van der Waals surface area contributed by atoms with E-state index in [1.807, 2.05) is 0 Å². The maximum Gasteiger partial charge on any atom is 0.343 e. The van der Waals surface area contributed by atoms with Crippen molar-refractivity contribution in [2.75, 3.05) is 0 Å². The number of carbonyl (C=O) groups excluding carboxylic acids is 1. The smallest absolute Gasteiger partial charge is 0.335 e. The van der Waals surface area contributed by atoms with Crippen LogP contribution < -0.4 is 16.3 Å². The lowest BCUT2D eigenvalue weighted by Crippen LogP contribution is -2.42. The Morgan fingerprint density at radius 2 is 2.13 bits per heavy atom. The lowest BCUT2D eigenvalue weighted by atomic mass is 10.1. The molecule has 2 heterocycles. The number of fused-ring (bicyclic) bond motifs is 1. The van der Waals surface area contributed by atoms with Gasteiger partial charge in [-0.25, -0.2) is 19.1 Å². The zero-order valence-electron chi connectivity index (χ0n) is 12.5. The van der Waals surface area contributed by atoms with Crippen LogP contribution in [0.15, 0.2) is 29.1 Å². The maximum absolute atomic E-state index is 12.8. The van der Waals surface area contributed by atoms with E-state index in [1.165, 1.54) is 12.1 Å². The summed E-state index contributed by atoms with van der Waals surface area (Å²) in [4.78, 5) is 23.5. The van der Waals surface area contributed by atoms with E-state index in [0.29, 0.717) is 25.9 Å². The third-order valence-corrected chi connectivity index (χ3v) is 3.96. The van der Waals surface area contributed by atoms with E-state index in [-0.39, 0.29) is 23.6 Å². The molecule has 1 aliphatic rings. The van der Waals surface area contributed by atoms with Gasteiger partial charge in [-0.1, -0.05) is 12.1 Å². The molecule has 122 valence electrons. The Morgan fingerprint density at radius 3 is 2.91 bits per heavy atom. The normalized spacial score (nSPS) is 17.2. The molecule has 1 aromatic heterocycles. The monoisotopic (exact) mass is 319 g/mol. The van der Waals surface area contributed by atoms with Crippen molar-refractivity contribution in [3.63, 3.8) is 0 Å². The summed E-state index contributed by atoms with van der Waals surface area (Å²) in [6.07, 6.45) is 2.05. The zero-order chi connectivity index (χ0) is 16.2. The van der Waals surface area contributed by atoms with Gasteiger partial charge in [0.2, 0.25) is 0 Å². The summed E-state index contributed by atoms with van der Waals surface area (Å²) < 4.78 is 14.4. The number of benzene rings is 1. The molecule has 0 spiro atoms. The molecule has 8 heteroatoms. The van der Waals surface area contributed by atoms with Crippen molar-refractivity contribution in [2.45, 2.75) is 38.4 Å². The molecular formula is C15H18FN5O2. The van der Waals surface area contributed by atoms with Gasteiger partial charge in [0.25, 0.3) is 0 Å². The average molecular weight is 319 g/mol. The van der Waals surface area contributed by atoms with Crippen LogP contribution in [-0.4, -0.2) is 26.8 Å². The number of hydrogen-bond acceptors (Lipinski definition) is 3. The fourth-order valence-corrected chi connectivity index (χ4v) is 2.67. The van der Waals surface area contributed by atoms with Gasteiger partial charge in [0.05, 0.1) is 0 Å². The fourth-order valence-electron chi connectivity index (χ4n) is 2.67. The molecule has 23 heavy (non-hydrogen) atoms. The van der Waals surface area contributed by atoms with Gasteiger partial charge in [-0.05, 0) is 30.5 Å². The first-order valence-electron chi connectivity index (χ1n) is 7.55. The molecule has 3 rings (SSSR count). The summed E-state index contributed by atoms with van der Waals surface area (Å²) in [5.41, 5.74) is 0.621. The van der Waals surface area contributed by atoms with Crippen molar-refractivity contribution in [2.24, 2.45) is 0 Å². The Hall–Kier alpha value is -2.64. The number of nitrogens with one attached hydrogen (secondary N) is 3. The predicted octanol–water partition coefficient (Wildman–Crippen LogP) is 0.915. The number of aromatic nitrogens is 3. The van der Waals surface area contributed by atoms with Crippen molar-refractivity contribution >= 4 is 6.03 Å². The Morgan fingerprint density at radius 1 is 1.35 bits per heavy atom. The van der Waals surface area contributed by atoms with Crippen LogP contribution >= 0.6 is 0 Å². The van der Waals surface area contributed by atoms with Gasteiger partial charge in [0.15, 0.2) is 0 Å². The van der Waals surface area contributed by atoms with E-state index in [9.17, 15) is 14.0 Å². The molecule has 0 saturated heterocycles. The number of rotatable bonds is 3. The Kier molecular flexibility index (Phi) is 4.40. The second-order valence-corrected chi connectivity index (χ2v) is 5.57. The summed E-state index contributed by atoms with van der Waals surface area (Å²) in [6, 6.07) is 5.70. The topological polar surface area (TPSA) is 91.8 Å². The van der Waals surface area contributed by atoms with Gasteiger partial charge in [-0.3, -0.25) is 4.57 Å². The van der Waals surface area contributed by atoms with Gasteiger partial charge >= 0.3 is 11.7 Å². The minimum Gasteiger partial charge on any atom is -0.335 e. The van der Waals surface area contributed by atoms with Crippen molar-refractivity contribution in [1.82, 2.24) is 25.4 Å². The number of halogens is 1. The Balaban J connectivity index is 1.49. The Bertz CT molecular complexity index is 737. The van der Waals surface area contributed by atoms with Gasteiger partial charge < -0.3 is 10.6 Å². The van der Waals surface area contributed by atoms with Crippen LogP contribution in [0.25, 0.3) is 0 Å². The number of carbonyl (C=O) groups is 1. The minimum atomic E-state index is -0.302. The number of nitrogens with zero attached hydrogens (tertiary/aromatic N) is 2. The lowest BCUT2D eigenvalue weighted by molar-refractivity contribution is 0.235. The van der Waals surface area contributed by atoms with Crippen LogP contribution in [0, 0.1) is 5.82 Å². The van der Waals surface area contributed by atoms with Crippen LogP contribution in [0.5, 0.6) is 0 Å². The van der Waals surface area contributed by atoms with Gasteiger partial charge in [-0.15, -0.1) is 0 Å². The second-order valence-electron chi connectivity index (χ2n) is 5.57. The molecule has 0 saturated carbocycles. The average Bonchev–Trinajstić information content (AvgIpc) is 2.77. The number of amides is 2. The standard InChI is InChI=1S/C15H18FN5O2/c16-11-3-1-10(2-4-11)9-17-14(22)18-12-5-6-13-19-20-15(23)21(13)8-7-12/h1-4,12H,5-9H2,(H,20,23)(H2,17,18,22). The molecule has 3 N–H and O–H groups in total. The number of aromatic amines is 1. The van der Waals surface area contributed by atoms with E-state index in [2.05, 4.69) is 20.8 Å². The summed E-state index contributed by atoms with van der Waals surface area (Å²) in [7, 11) is 0. The maximum atomic E-state index is 12.8. The van der Waals surface area contributed by atoms with Gasteiger partial charge in [0, 0.05) is 25.6 Å². The van der Waals surface area contributed by atoms with Crippen LogP contribution in [0.3, 0.4) is 0 Å². The van der Waals surface area contributed by atoms with Crippen LogP contribution in [-0.2, 0) is 19.5 Å². The van der Waals surface area contributed by atoms with E-state index in [0.717, 1.165) is 17.8 Å². The first-order chi connectivity index (χ1) is 11.1. The molecule has 1 aromatic carbocycles. The highest BCUT2D eigenvalue weighted by Crippen LogP contribution is 2.11. The van der Waals surface area contributed by atoms with Gasteiger partial charge in [0.1, 0.15) is 11.6 Å². The SMILES string of the molecule is O=C(NCc1ccc(F)cc1)NC1CCc2n[nH]c(=O)n2CC1. The zero-order valence-corrected chi connectivity index (χ0v) is 12.5. The highest BCUT2D eigenvalue weighted by Gasteiger charge is 2.20. The van der Waals surface area contributed by atoms with E-state index in [4.69, 9.17) is 0 Å². The molecule has 2 aromatic rings. The van der Waals surface area contributed by atoms with E-state index < -0.39 is 0 Å². The van der Waals surface area contributed by atoms with Crippen LogP contribution in [0.1, 0.15) is 24.2 Å². The van der Waals surface area contributed by atoms with Crippen molar-refractivity contribution < 1.29 is 9.18 Å². The molecule has 7 nitrogen and oxygen atoms in total. The van der Waals surface area contributed by atoms with E-state index >= 15 is 0 Å². The third-order valence-electron chi connectivity index (χ3n) is 3.96. The molecule has 0 fully saturated rings. The molecule has 0 bridgehead atoms. The first kappa shape index (κ1) is 15.3. The van der Waals surface area contributed by atoms with E-state index in [1.54, 1.807) is 16.7 Å². The Labute approximate surface area is 131 Å². The lowest BCUT2D eigenvalue weighted by Gasteiger charge is -2.16.